The summed E-state index contributed by atoms with van der Waals surface area (Å²) in [6.07, 6.45) is 3.79. The molecule has 10 heavy (non-hydrogen) atoms. The van der Waals surface area contributed by atoms with Crippen LogP contribution in [0.15, 0.2) is 5.16 Å². The maximum Gasteiger partial charge on any atom is 0.122 e. The molecule has 2 aliphatic rings. The summed E-state index contributed by atoms with van der Waals surface area (Å²) in [6, 6.07) is 0. The number of halogens is 1. The van der Waals surface area contributed by atoms with Gasteiger partial charge in [0.2, 0.25) is 0 Å². The lowest BCUT2D eigenvalue weighted by molar-refractivity contribution is -0.0344. The van der Waals surface area contributed by atoms with Crippen LogP contribution in [0.2, 0.25) is 0 Å². The maximum absolute atomic E-state index is 11.4. The lowest BCUT2D eigenvalue weighted by atomic mass is 10.3. The lowest BCUT2D eigenvalue weighted by Gasteiger charge is -2.18. The smallest absolute Gasteiger partial charge is 0.122 e. The minimum absolute atomic E-state index is 0.653. The summed E-state index contributed by atoms with van der Waals surface area (Å²) in [4.78, 5) is 4.51. The Morgan fingerprint density at radius 2 is 2.20 bits per heavy atom. The molecule has 0 amide bonds. The van der Waals surface area contributed by atoms with Crippen LogP contribution in [-0.2, 0) is 4.84 Å². The second-order valence-corrected chi connectivity index (χ2v) is 2.17. The first-order chi connectivity index (χ1) is 4.89. The summed E-state index contributed by atoms with van der Waals surface area (Å²) in [5.74, 6) is 0. The predicted molar refractivity (Wildman–Crippen MR) is 36.4 cm³/mol. The van der Waals surface area contributed by atoms with Crippen molar-refractivity contribution in [3.63, 3.8) is 0 Å². The number of nitrogens with zero attached hydrogens (tertiary/aromatic N) is 2. The molecule has 0 atom stereocenters. The Morgan fingerprint density at radius 3 is 2.30 bits per heavy atom. The third-order valence-electron chi connectivity index (χ3n) is 1.29. The van der Waals surface area contributed by atoms with Gasteiger partial charge < -0.3 is 4.84 Å². The maximum atomic E-state index is 11.4. The molecule has 4 heteroatoms. The zero-order chi connectivity index (χ0) is 7.23. The highest BCUT2D eigenvalue weighted by Crippen LogP contribution is 2.03. The van der Waals surface area contributed by atoms with Crippen molar-refractivity contribution >= 4 is 6.21 Å². The van der Waals surface area contributed by atoms with Gasteiger partial charge >= 0.3 is 0 Å². The fraction of sp³-hybridized carbons (Fsp3) is 0.833. The molecule has 2 heterocycles. The molecule has 58 valence electrons. The summed E-state index contributed by atoms with van der Waals surface area (Å²) in [5.41, 5.74) is 0. The van der Waals surface area contributed by atoms with Crippen LogP contribution < -0.4 is 0 Å². The summed E-state index contributed by atoms with van der Waals surface area (Å²) in [5, 5.41) is 4.26. The molecule has 0 spiro atoms. The third-order valence-corrected chi connectivity index (χ3v) is 1.29. The molecule has 0 aromatic carbocycles. The minimum Gasteiger partial charge on any atom is -0.396 e. The molecule has 0 aliphatic carbocycles. The Morgan fingerprint density at radius 1 is 1.50 bits per heavy atom. The summed E-state index contributed by atoms with van der Waals surface area (Å²) in [6.45, 7) is 2.08. The molecule has 0 bridgehead atoms. The fourth-order valence-electron chi connectivity index (χ4n) is 0.541. The molecule has 0 radical (unpaired) electrons. The molecule has 2 rings (SSSR count). The van der Waals surface area contributed by atoms with Gasteiger partial charge in [-0.1, -0.05) is 5.16 Å². The second kappa shape index (κ2) is 4.22. The van der Waals surface area contributed by atoms with E-state index in [2.05, 4.69) is 9.99 Å². The van der Waals surface area contributed by atoms with Crippen molar-refractivity contribution in [1.82, 2.24) is 5.12 Å². The molecule has 0 aromatic heterocycles. The largest absolute Gasteiger partial charge is 0.396 e. The number of oxime groups is 1. The van der Waals surface area contributed by atoms with Gasteiger partial charge in [0.25, 0.3) is 0 Å². The zero-order valence-electron chi connectivity index (χ0n) is 5.79. The molecule has 1 fully saturated rings. The quantitative estimate of drug-likeness (QED) is 0.476. The van der Waals surface area contributed by atoms with Gasteiger partial charge in [-0.25, -0.2) is 0 Å². The topological polar surface area (TPSA) is 24.8 Å². The Kier molecular flexibility index (Phi) is 3.15. The van der Waals surface area contributed by atoms with Crippen LogP contribution in [0.1, 0.15) is 12.8 Å². The highest BCUT2D eigenvalue weighted by Gasteiger charge is 2.09. The molecule has 2 aliphatic heterocycles. The number of rotatable bonds is 0. The SMILES string of the molecule is C1=NOCC1.FN1CCC1. The van der Waals surface area contributed by atoms with Crippen LogP contribution in [-0.4, -0.2) is 31.0 Å². The molecular formula is C6H11FN2O. The van der Waals surface area contributed by atoms with Crippen LogP contribution in [0, 0.1) is 0 Å². The van der Waals surface area contributed by atoms with E-state index in [1.807, 2.05) is 0 Å². The van der Waals surface area contributed by atoms with Crippen molar-refractivity contribution in [1.29, 1.82) is 0 Å². The van der Waals surface area contributed by atoms with Crippen LogP contribution in [0.3, 0.4) is 0 Å². The van der Waals surface area contributed by atoms with Crippen molar-refractivity contribution in [2.75, 3.05) is 19.7 Å². The molecule has 0 aromatic rings. The first kappa shape index (κ1) is 7.47. The van der Waals surface area contributed by atoms with Gasteiger partial charge in [0, 0.05) is 25.7 Å². The van der Waals surface area contributed by atoms with Crippen molar-refractivity contribution in [2.45, 2.75) is 12.8 Å². The Balaban J connectivity index is 0.0000001000. The minimum atomic E-state index is 0.653. The van der Waals surface area contributed by atoms with E-state index in [-0.39, 0.29) is 0 Å². The van der Waals surface area contributed by atoms with Gasteiger partial charge in [-0.2, -0.15) is 0 Å². The molecule has 1 saturated heterocycles. The Labute approximate surface area is 59.4 Å². The standard InChI is InChI=1S/C3H6FN.C3H5NO/c4-5-2-1-3-5;1-2-4-5-3-1/h1-3H2;2H,1,3H2. The molecular weight excluding hydrogens is 135 g/mol. The highest BCUT2D eigenvalue weighted by molar-refractivity contribution is 5.57. The molecule has 0 saturated carbocycles. The van der Waals surface area contributed by atoms with E-state index in [9.17, 15) is 4.48 Å². The highest BCUT2D eigenvalue weighted by atomic mass is 19.2. The van der Waals surface area contributed by atoms with Crippen molar-refractivity contribution in [3.05, 3.63) is 0 Å². The van der Waals surface area contributed by atoms with Crippen LogP contribution in [0.5, 0.6) is 0 Å². The van der Waals surface area contributed by atoms with E-state index >= 15 is 0 Å². The monoisotopic (exact) mass is 146 g/mol. The molecule has 0 N–H and O–H groups in total. The predicted octanol–water partition coefficient (Wildman–Crippen LogP) is 0.969. The van der Waals surface area contributed by atoms with E-state index in [0.717, 1.165) is 24.6 Å². The first-order valence-corrected chi connectivity index (χ1v) is 3.44. The molecule has 3 nitrogen and oxygen atoms in total. The zero-order valence-corrected chi connectivity index (χ0v) is 5.79. The van der Waals surface area contributed by atoms with Gasteiger partial charge in [-0.05, 0) is 6.42 Å². The number of hydrogen-bond acceptors (Lipinski definition) is 3. The van der Waals surface area contributed by atoms with Crippen LogP contribution in [0.25, 0.3) is 0 Å². The summed E-state index contributed by atoms with van der Waals surface area (Å²) in [7, 11) is 0. The third kappa shape index (κ3) is 2.77. The number of hydrogen-bond donors (Lipinski definition) is 0. The van der Waals surface area contributed by atoms with Gasteiger partial charge in [-0.3, -0.25) is 0 Å². The average molecular weight is 146 g/mol. The molecule has 0 unspecified atom stereocenters. The van der Waals surface area contributed by atoms with Gasteiger partial charge in [0.1, 0.15) is 6.61 Å². The fourth-order valence-corrected chi connectivity index (χ4v) is 0.541. The van der Waals surface area contributed by atoms with E-state index < -0.39 is 0 Å². The summed E-state index contributed by atoms with van der Waals surface area (Å²) >= 11 is 0. The average Bonchev–Trinajstić information content (AvgIpc) is 2.38. The van der Waals surface area contributed by atoms with E-state index in [1.165, 1.54) is 0 Å². The Hall–Kier alpha value is -0.640. The van der Waals surface area contributed by atoms with E-state index in [4.69, 9.17) is 0 Å². The van der Waals surface area contributed by atoms with E-state index in [1.54, 1.807) is 6.21 Å². The van der Waals surface area contributed by atoms with Gasteiger partial charge in [0.15, 0.2) is 0 Å². The van der Waals surface area contributed by atoms with Crippen molar-refractivity contribution < 1.29 is 9.32 Å². The van der Waals surface area contributed by atoms with Gasteiger partial charge in [0.05, 0.1) is 0 Å². The normalized spacial score (nSPS) is 22.5. The summed E-state index contributed by atoms with van der Waals surface area (Å²) < 4.78 is 11.4. The van der Waals surface area contributed by atoms with Crippen LogP contribution in [0.4, 0.5) is 4.48 Å². The Bertz CT molecular complexity index is 108. The lowest BCUT2D eigenvalue weighted by Crippen LogP contribution is -2.28. The first-order valence-electron chi connectivity index (χ1n) is 3.44. The van der Waals surface area contributed by atoms with Crippen molar-refractivity contribution in [2.24, 2.45) is 5.16 Å². The second-order valence-electron chi connectivity index (χ2n) is 2.17. The van der Waals surface area contributed by atoms with Crippen LogP contribution >= 0.6 is 0 Å². The van der Waals surface area contributed by atoms with Crippen molar-refractivity contribution in [3.8, 4) is 0 Å². The van der Waals surface area contributed by atoms with Gasteiger partial charge in [-0.15, -0.1) is 9.60 Å². The van der Waals surface area contributed by atoms with E-state index in [0.29, 0.717) is 13.1 Å².